The summed E-state index contributed by atoms with van der Waals surface area (Å²) in [6.45, 7) is 1.12. The third kappa shape index (κ3) is 2.93. The fourth-order valence-corrected chi connectivity index (χ4v) is 2.05. The van der Waals surface area contributed by atoms with Crippen LogP contribution in [0.15, 0.2) is 24.3 Å². The highest BCUT2D eigenvalue weighted by molar-refractivity contribution is 6.29. The molecular weight excluding hydrogens is 308 g/mol. The first-order valence-electron chi connectivity index (χ1n) is 6.20. The zero-order valence-corrected chi connectivity index (χ0v) is 11.7. The van der Waals surface area contributed by atoms with E-state index in [0.29, 0.717) is 4.90 Å². The molecule has 1 aliphatic rings. The van der Waals surface area contributed by atoms with Crippen LogP contribution in [0.25, 0.3) is 0 Å². The predicted octanol–water partition coefficient (Wildman–Crippen LogP) is 0.471. The lowest BCUT2D eigenvalue weighted by molar-refractivity contribution is -0.120. The predicted molar refractivity (Wildman–Crippen MR) is 76.3 cm³/mol. The summed E-state index contributed by atoms with van der Waals surface area (Å²) in [5.41, 5.74) is -1.58. The summed E-state index contributed by atoms with van der Waals surface area (Å²) in [6.07, 6.45) is 1.88. The Bertz CT molecular complexity index is 777. The van der Waals surface area contributed by atoms with Gasteiger partial charge in [-0.15, -0.1) is 0 Å². The molecule has 0 unspecified atom stereocenters. The number of aromatic carboxylic acids is 2. The van der Waals surface area contributed by atoms with Gasteiger partial charge in [0.25, 0.3) is 11.8 Å². The number of hydrogen-bond acceptors (Lipinski definition) is 5. The number of anilines is 2. The first-order chi connectivity index (χ1) is 10.7. The van der Waals surface area contributed by atoms with Crippen LogP contribution in [0.2, 0.25) is 0 Å². The van der Waals surface area contributed by atoms with E-state index in [1.165, 1.54) is 0 Å². The summed E-state index contributed by atoms with van der Waals surface area (Å²) >= 11 is 0. The number of carbonyl (C=O) groups is 5. The zero-order valence-electron chi connectivity index (χ0n) is 11.7. The molecule has 1 aromatic carbocycles. The number of carboxylic acid groups (broad SMARTS) is 2. The molecule has 0 fully saturated rings. The molecule has 0 aliphatic carbocycles. The van der Waals surface area contributed by atoms with Gasteiger partial charge in [-0.05, 0) is 12.1 Å². The van der Waals surface area contributed by atoms with Gasteiger partial charge in [0.1, 0.15) is 0 Å². The van der Waals surface area contributed by atoms with Gasteiger partial charge in [-0.3, -0.25) is 14.4 Å². The second kappa shape index (κ2) is 5.72. The summed E-state index contributed by atoms with van der Waals surface area (Å²) in [4.78, 5) is 57.8. The summed E-state index contributed by atoms with van der Waals surface area (Å²) in [6, 6.07) is 1.75. The molecule has 23 heavy (non-hydrogen) atoms. The van der Waals surface area contributed by atoms with Crippen molar-refractivity contribution in [3.63, 3.8) is 0 Å². The van der Waals surface area contributed by atoms with Gasteiger partial charge < -0.3 is 15.5 Å². The third-order valence-electron chi connectivity index (χ3n) is 2.96. The minimum atomic E-state index is -1.49. The molecule has 3 N–H and O–H groups in total. The van der Waals surface area contributed by atoms with Gasteiger partial charge in [-0.25, -0.2) is 14.5 Å². The van der Waals surface area contributed by atoms with Gasteiger partial charge in [-0.1, -0.05) is 0 Å². The van der Waals surface area contributed by atoms with Crippen molar-refractivity contribution in [2.75, 3.05) is 10.2 Å². The van der Waals surface area contributed by atoms with Crippen LogP contribution in [0.1, 0.15) is 27.6 Å². The van der Waals surface area contributed by atoms with E-state index in [2.05, 4.69) is 5.32 Å². The lowest BCUT2D eigenvalue weighted by Crippen LogP contribution is -2.31. The Kier molecular flexibility index (Phi) is 3.95. The molecule has 0 radical (unpaired) electrons. The molecule has 118 valence electrons. The number of nitrogens with one attached hydrogen (secondary N) is 1. The monoisotopic (exact) mass is 318 g/mol. The lowest BCUT2D eigenvalue weighted by atomic mass is 10.0. The zero-order chi connectivity index (χ0) is 17.3. The van der Waals surface area contributed by atoms with Crippen LogP contribution >= 0.6 is 0 Å². The normalized spacial score (nSPS) is 13.3. The average molecular weight is 318 g/mol. The molecule has 1 aromatic rings. The average Bonchev–Trinajstić information content (AvgIpc) is 2.77. The molecule has 9 nitrogen and oxygen atoms in total. The highest BCUT2D eigenvalue weighted by Gasteiger charge is 2.31. The quantitative estimate of drug-likeness (QED) is 0.685. The van der Waals surface area contributed by atoms with Crippen molar-refractivity contribution in [1.82, 2.24) is 0 Å². The van der Waals surface area contributed by atoms with Crippen molar-refractivity contribution < 1.29 is 34.2 Å². The van der Waals surface area contributed by atoms with Crippen molar-refractivity contribution in [3.05, 3.63) is 35.4 Å². The second-order valence-corrected chi connectivity index (χ2v) is 4.55. The van der Waals surface area contributed by atoms with Crippen molar-refractivity contribution in [1.29, 1.82) is 0 Å². The van der Waals surface area contributed by atoms with Crippen LogP contribution in [0.4, 0.5) is 11.4 Å². The Balaban J connectivity index is 2.71. The van der Waals surface area contributed by atoms with E-state index in [0.717, 1.165) is 31.2 Å². The first-order valence-corrected chi connectivity index (χ1v) is 6.20. The maximum atomic E-state index is 11.7. The van der Waals surface area contributed by atoms with Gasteiger partial charge in [-0.2, -0.15) is 0 Å². The molecule has 0 saturated carbocycles. The number of carboxylic acids is 2. The highest BCUT2D eigenvalue weighted by atomic mass is 16.4. The smallest absolute Gasteiger partial charge is 0.337 e. The molecular formula is C14H10N2O7. The SMILES string of the molecule is CC(=O)Nc1cc(C(=O)O)c(N2C(=O)C=CC2=O)cc1C(=O)O. The van der Waals surface area contributed by atoms with E-state index in [4.69, 9.17) is 0 Å². The summed E-state index contributed by atoms with van der Waals surface area (Å²) in [5, 5.41) is 20.7. The van der Waals surface area contributed by atoms with Crippen LogP contribution in [-0.4, -0.2) is 39.9 Å². The molecule has 9 heteroatoms. The van der Waals surface area contributed by atoms with Crippen molar-refractivity contribution in [2.24, 2.45) is 0 Å². The van der Waals surface area contributed by atoms with Gasteiger partial charge in [0.2, 0.25) is 5.91 Å². The van der Waals surface area contributed by atoms with Gasteiger partial charge in [0.15, 0.2) is 0 Å². The van der Waals surface area contributed by atoms with Crippen LogP contribution in [0.3, 0.4) is 0 Å². The Morgan fingerprint density at radius 3 is 1.91 bits per heavy atom. The lowest BCUT2D eigenvalue weighted by Gasteiger charge is -2.19. The maximum absolute atomic E-state index is 11.7. The minimum Gasteiger partial charge on any atom is -0.478 e. The summed E-state index contributed by atoms with van der Waals surface area (Å²) < 4.78 is 0. The van der Waals surface area contributed by atoms with Gasteiger partial charge >= 0.3 is 11.9 Å². The Labute approximate surface area is 128 Å². The fraction of sp³-hybridized carbons (Fsp3) is 0.0714. The molecule has 1 aliphatic heterocycles. The Morgan fingerprint density at radius 2 is 1.48 bits per heavy atom. The second-order valence-electron chi connectivity index (χ2n) is 4.55. The van der Waals surface area contributed by atoms with Crippen LogP contribution in [-0.2, 0) is 14.4 Å². The Hall–Kier alpha value is -3.49. The summed E-state index contributed by atoms with van der Waals surface area (Å²) in [5.74, 6) is -5.14. The Morgan fingerprint density at radius 1 is 0.957 bits per heavy atom. The van der Waals surface area contributed by atoms with Gasteiger partial charge in [0.05, 0.1) is 22.5 Å². The third-order valence-corrected chi connectivity index (χ3v) is 2.96. The largest absolute Gasteiger partial charge is 0.478 e. The number of hydrogen-bond donors (Lipinski definition) is 3. The van der Waals surface area contributed by atoms with Crippen molar-refractivity contribution in [2.45, 2.75) is 6.92 Å². The highest BCUT2D eigenvalue weighted by Crippen LogP contribution is 2.30. The van der Waals surface area contributed by atoms with Crippen LogP contribution < -0.4 is 10.2 Å². The van der Waals surface area contributed by atoms with Crippen LogP contribution in [0, 0.1) is 0 Å². The number of rotatable bonds is 4. The number of benzene rings is 1. The standard InChI is InChI=1S/C14H10N2O7/c1-6(17)15-9-4-8(14(22)23)10(5-7(9)13(20)21)16-11(18)2-3-12(16)19/h2-5H,1H3,(H,15,17)(H,20,21)(H,22,23). The van der Waals surface area contributed by atoms with Crippen LogP contribution in [0.5, 0.6) is 0 Å². The molecule has 2 rings (SSSR count). The molecule has 1 heterocycles. The number of carbonyl (C=O) groups excluding carboxylic acids is 3. The van der Waals surface area contributed by atoms with E-state index >= 15 is 0 Å². The number of nitrogens with zero attached hydrogens (tertiary/aromatic N) is 1. The molecule has 0 saturated heterocycles. The maximum Gasteiger partial charge on any atom is 0.337 e. The fourth-order valence-electron chi connectivity index (χ4n) is 2.05. The molecule has 0 spiro atoms. The number of imide groups is 1. The molecule has 3 amide bonds. The van der Waals surface area contributed by atoms with E-state index in [1.807, 2.05) is 0 Å². The molecule has 0 atom stereocenters. The van der Waals surface area contributed by atoms with Crippen molar-refractivity contribution in [3.8, 4) is 0 Å². The topological polar surface area (TPSA) is 141 Å². The van der Waals surface area contributed by atoms with Crippen molar-refractivity contribution >= 4 is 41.0 Å². The number of amides is 3. The van der Waals surface area contributed by atoms with E-state index in [9.17, 15) is 34.2 Å². The summed E-state index contributed by atoms with van der Waals surface area (Å²) in [7, 11) is 0. The molecule has 0 bridgehead atoms. The van der Waals surface area contributed by atoms with E-state index < -0.39 is 40.8 Å². The van der Waals surface area contributed by atoms with Gasteiger partial charge in [0, 0.05) is 19.1 Å². The minimum absolute atomic E-state index is 0.252. The van der Waals surface area contributed by atoms with E-state index in [1.54, 1.807) is 0 Å². The molecule has 0 aromatic heterocycles. The van der Waals surface area contributed by atoms with E-state index in [-0.39, 0.29) is 11.4 Å². The first kappa shape index (κ1) is 15.9.